The van der Waals surface area contributed by atoms with Gasteiger partial charge in [-0.15, -0.1) is 5.10 Å². The van der Waals surface area contributed by atoms with E-state index in [0.29, 0.717) is 6.54 Å². The summed E-state index contributed by atoms with van der Waals surface area (Å²) in [6, 6.07) is 4.17. The predicted octanol–water partition coefficient (Wildman–Crippen LogP) is 2.54. The van der Waals surface area contributed by atoms with Crippen molar-refractivity contribution in [1.82, 2.24) is 14.6 Å². The number of aromatic nitrogens is 3. The number of anilines is 2. The van der Waals surface area contributed by atoms with E-state index in [1.165, 1.54) is 30.8 Å². The summed E-state index contributed by atoms with van der Waals surface area (Å²) in [7, 11) is 0. The van der Waals surface area contributed by atoms with Gasteiger partial charge in [0, 0.05) is 18.5 Å². The third-order valence-electron chi connectivity index (χ3n) is 3.31. The average molecular weight is 275 g/mol. The second-order valence-electron chi connectivity index (χ2n) is 4.70. The standard InChI is InChI=1S/C13H17N5S/c1-2-6-18(7-3-1)13-5-4-11(8-15-13)14-9-12-10-19-17-16-12/h4-5,8,10,14H,1-3,6-7,9H2. The van der Waals surface area contributed by atoms with Crippen LogP contribution in [0, 0.1) is 0 Å². The van der Waals surface area contributed by atoms with Gasteiger partial charge in [0.15, 0.2) is 0 Å². The highest BCUT2D eigenvalue weighted by atomic mass is 32.1. The van der Waals surface area contributed by atoms with Gasteiger partial charge in [-0.3, -0.25) is 0 Å². The lowest BCUT2D eigenvalue weighted by Crippen LogP contribution is -2.30. The first-order valence-electron chi connectivity index (χ1n) is 6.62. The lowest BCUT2D eigenvalue weighted by Gasteiger charge is -2.27. The van der Waals surface area contributed by atoms with Gasteiger partial charge in [-0.1, -0.05) is 4.49 Å². The number of nitrogens with zero attached hydrogens (tertiary/aromatic N) is 4. The van der Waals surface area contributed by atoms with Gasteiger partial charge in [0.05, 0.1) is 24.1 Å². The van der Waals surface area contributed by atoms with Crippen molar-refractivity contribution in [3.05, 3.63) is 29.4 Å². The van der Waals surface area contributed by atoms with Crippen molar-refractivity contribution in [3.63, 3.8) is 0 Å². The Morgan fingerprint density at radius 2 is 2.11 bits per heavy atom. The zero-order valence-electron chi connectivity index (χ0n) is 10.7. The van der Waals surface area contributed by atoms with E-state index in [9.17, 15) is 0 Å². The van der Waals surface area contributed by atoms with Crippen LogP contribution in [0.15, 0.2) is 23.7 Å². The Kier molecular flexibility index (Phi) is 3.88. The number of piperidine rings is 1. The highest BCUT2D eigenvalue weighted by Crippen LogP contribution is 2.19. The summed E-state index contributed by atoms with van der Waals surface area (Å²) in [5.41, 5.74) is 1.99. The fraction of sp³-hybridized carbons (Fsp3) is 0.462. The molecule has 100 valence electrons. The summed E-state index contributed by atoms with van der Waals surface area (Å²) in [4.78, 5) is 6.89. The number of hydrogen-bond donors (Lipinski definition) is 1. The van der Waals surface area contributed by atoms with E-state index in [-0.39, 0.29) is 0 Å². The smallest absolute Gasteiger partial charge is 0.128 e. The summed E-state index contributed by atoms with van der Waals surface area (Å²) in [5, 5.41) is 9.25. The molecule has 0 unspecified atom stereocenters. The zero-order chi connectivity index (χ0) is 12.9. The minimum Gasteiger partial charge on any atom is -0.378 e. The minimum absolute atomic E-state index is 0.696. The molecule has 2 aromatic rings. The number of pyridine rings is 1. The van der Waals surface area contributed by atoms with Crippen LogP contribution in [-0.2, 0) is 6.54 Å². The summed E-state index contributed by atoms with van der Waals surface area (Å²) in [6.45, 7) is 2.95. The molecule has 0 atom stereocenters. The Morgan fingerprint density at radius 3 is 2.79 bits per heavy atom. The van der Waals surface area contributed by atoms with E-state index in [4.69, 9.17) is 0 Å². The molecule has 0 bridgehead atoms. The monoisotopic (exact) mass is 275 g/mol. The molecule has 0 aromatic carbocycles. The summed E-state index contributed by atoms with van der Waals surface area (Å²) in [5.74, 6) is 1.08. The van der Waals surface area contributed by atoms with Crippen LogP contribution in [-0.4, -0.2) is 27.7 Å². The number of hydrogen-bond acceptors (Lipinski definition) is 6. The van der Waals surface area contributed by atoms with Gasteiger partial charge in [-0.2, -0.15) is 0 Å². The molecule has 0 amide bonds. The van der Waals surface area contributed by atoms with Crippen LogP contribution in [0.3, 0.4) is 0 Å². The van der Waals surface area contributed by atoms with Gasteiger partial charge in [0.1, 0.15) is 5.82 Å². The summed E-state index contributed by atoms with van der Waals surface area (Å²) >= 11 is 1.37. The summed E-state index contributed by atoms with van der Waals surface area (Å²) in [6.07, 6.45) is 5.79. The molecule has 0 saturated carbocycles. The first kappa shape index (κ1) is 12.3. The molecule has 0 spiro atoms. The molecule has 5 nitrogen and oxygen atoms in total. The average Bonchev–Trinajstić information content (AvgIpc) is 3.00. The lowest BCUT2D eigenvalue weighted by atomic mass is 10.1. The van der Waals surface area contributed by atoms with Crippen molar-refractivity contribution < 1.29 is 0 Å². The van der Waals surface area contributed by atoms with Crippen molar-refractivity contribution in [2.75, 3.05) is 23.3 Å². The van der Waals surface area contributed by atoms with E-state index in [1.807, 2.05) is 11.6 Å². The molecular weight excluding hydrogens is 258 g/mol. The molecule has 3 heterocycles. The second kappa shape index (κ2) is 5.97. The maximum atomic E-state index is 4.53. The third-order valence-corrected chi connectivity index (χ3v) is 3.86. The molecule has 19 heavy (non-hydrogen) atoms. The second-order valence-corrected chi connectivity index (χ2v) is 5.31. The van der Waals surface area contributed by atoms with Crippen LogP contribution in [0.5, 0.6) is 0 Å². The molecular formula is C13H17N5S. The van der Waals surface area contributed by atoms with Gasteiger partial charge in [-0.05, 0) is 42.9 Å². The van der Waals surface area contributed by atoms with Crippen LogP contribution in [0.2, 0.25) is 0 Å². The maximum Gasteiger partial charge on any atom is 0.128 e. The van der Waals surface area contributed by atoms with Gasteiger partial charge in [0.25, 0.3) is 0 Å². The largest absolute Gasteiger partial charge is 0.378 e. The quantitative estimate of drug-likeness (QED) is 0.929. The van der Waals surface area contributed by atoms with E-state index in [0.717, 1.165) is 30.3 Å². The molecule has 3 rings (SSSR count). The molecule has 1 aliphatic rings. The fourth-order valence-corrected chi connectivity index (χ4v) is 2.71. The van der Waals surface area contributed by atoms with Gasteiger partial charge >= 0.3 is 0 Å². The molecule has 1 N–H and O–H groups in total. The zero-order valence-corrected chi connectivity index (χ0v) is 11.6. The first-order chi connectivity index (χ1) is 9.42. The molecule has 6 heteroatoms. The Labute approximate surface area is 116 Å². The van der Waals surface area contributed by atoms with Gasteiger partial charge in [-0.25, -0.2) is 4.98 Å². The van der Waals surface area contributed by atoms with Crippen molar-refractivity contribution in [1.29, 1.82) is 0 Å². The fourth-order valence-electron chi connectivity index (χ4n) is 2.25. The third kappa shape index (κ3) is 3.20. The topological polar surface area (TPSA) is 53.9 Å². The highest BCUT2D eigenvalue weighted by molar-refractivity contribution is 7.03. The SMILES string of the molecule is c1cc(N2CCCCC2)ncc1NCc1csnn1. The molecule has 1 saturated heterocycles. The van der Waals surface area contributed by atoms with Crippen LogP contribution >= 0.6 is 11.5 Å². The van der Waals surface area contributed by atoms with Gasteiger partial charge in [0.2, 0.25) is 0 Å². The molecule has 2 aromatic heterocycles. The van der Waals surface area contributed by atoms with Crippen molar-refractivity contribution >= 4 is 23.0 Å². The van der Waals surface area contributed by atoms with E-state index in [1.54, 1.807) is 0 Å². The Hall–Kier alpha value is -1.69. The van der Waals surface area contributed by atoms with Crippen molar-refractivity contribution in [3.8, 4) is 0 Å². The van der Waals surface area contributed by atoms with Crippen LogP contribution < -0.4 is 10.2 Å². The molecule has 0 radical (unpaired) electrons. The van der Waals surface area contributed by atoms with Crippen LogP contribution in [0.25, 0.3) is 0 Å². The van der Waals surface area contributed by atoms with E-state index < -0.39 is 0 Å². The first-order valence-corrected chi connectivity index (χ1v) is 7.46. The van der Waals surface area contributed by atoms with E-state index >= 15 is 0 Å². The van der Waals surface area contributed by atoms with E-state index in [2.05, 4.69) is 36.9 Å². The predicted molar refractivity (Wildman–Crippen MR) is 77.5 cm³/mol. The Morgan fingerprint density at radius 1 is 1.21 bits per heavy atom. The van der Waals surface area contributed by atoms with Gasteiger partial charge < -0.3 is 10.2 Å². The molecule has 1 fully saturated rings. The van der Waals surface area contributed by atoms with Crippen LogP contribution in [0.4, 0.5) is 11.5 Å². The number of nitrogens with one attached hydrogen (secondary N) is 1. The normalized spacial score (nSPS) is 15.5. The molecule has 0 aliphatic carbocycles. The summed E-state index contributed by atoms with van der Waals surface area (Å²) < 4.78 is 3.84. The van der Waals surface area contributed by atoms with Crippen molar-refractivity contribution in [2.45, 2.75) is 25.8 Å². The Bertz CT molecular complexity index is 490. The number of rotatable bonds is 4. The Balaban J connectivity index is 1.58. The highest BCUT2D eigenvalue weighted by Gasteiger charge is 2.11. The maximum absolute atomic E-state index is 4.53. The molecule has 1 aliphatic heterocycles. The minimum atomic E-state index is 0.696. The van der Waals surface area contributed by atoms with Crippen LogP contribution in [0.1, 0.15) is 25.0 Å². The lowest BCUT2D eigenvalue weighted by molar-refractivity contribution is 0.573. The van der Waals surface area contributed by atoms with Crippen molar-refractivity contribution in [2.24, 2.45) is 0 Å².